The molecule has 1 saturated heterocycles. The zero-order valence-corrected chi connectivity index (χ0v) is 13.9. The van der Waals surface area contributed by atoms with E-state index in [1.807, 2.05) is 29.6 Å². The van der Waals surface area contributed by atoms with E-state index in [0.717, 1.165) is 25.1 Å². The number of hydrogen-bond acceptors (Lipinski definition) is 4. The molecule has 1 aliphatic heterocycles. The number of benzene rings is 1. The van der Waals surface area contributed by atoms with Crippen molar-refractivity contribution in [2.45, 2.75) is 32.6 Å². The van der Waals surface area contributed by atoms with E-state index >= 15 is 0 Å². The summed E-state index contributed by atoms with van der Waals surface area (Å²) in [5, 5.41) is 5.42. The minimum atomic E-state index is -0.0983. The SMILES string of the molecule is CCc1ccc(NC(=O)Cc2csc(N3CCCC3=O)n2)cc1. The summed E-state index contributed by atoms with van der Waals surface area (Å²) in [4.78, 5) is 29.9. The molecule has 1 N–H and O–H groups in total. The van der Waals surface area contributed by atoms with Crippen LogP contribution in [0.3, 0.4) is 0 Å². The minimum absolute atomic E-state index is 0.0983. The van der Waals surface area contributed by atoms with Gasteiger partial charge in [0.1, 0.15) is 0 Å². The number of carbonyl (C=O) groups is 2. The number of rotatable bonds is 5. The van der Waals surface area contributed by atoms with Crippen LogP contribution >= 0.6 is 11.3 Å². The highest BCUT2D eigenvalue weighted by Gasteiger charge is 2.24. The molecule has 0 bridgehead atoms. The number of aryl methyl sites for hydroxylation is 1. The molecule has 1 fully saturated rings. The molecule has 0 aliphatic carbocycles. The van der Waals surface area contributed by atoms with E-state index in [9.17, 15) is 9.59 Å². The molecule has 0 unspecified atom stereocenters. The molecule has 23 heavy (non-hydrogen) atoms. The molecular formula is C17H19N3O2S. The van der Waals surface area contributed by atoms with E-state index in [4.69, 9.17) is 0 Å². The molecule has 1 aromatic heterocycles. The van der Waals surface area contributed by atoms with Crippen LogP contribution in [0.15, 0.2) is 29.6 Å². The Morgan fingerprint density at radius 2 is 2.13 bits per heavy atom. The summed E-state index contributed by atoms with van der Waals surface area (Å²) in [6.45, 7) is 2.82. The van der Waals surface area contributed by atoms with Crippen molar-refractivity contribution in [2.24, 2.45) is 0 Å². The Kier molecular flexibility index (Phi) is 4.71. The monoisotopic (exact) mass is 329 g/mol. The second kappa shape index (κ2) is 6.91. The first-order valence-corrected chi connectivity index (χ1v) is 8.67. The molecule has 0 radical (unpaired) electrons. The number of anilines is 2. The Labute approximate surface area is 139 Å². The molecule has 0 saturated carbocycles. The molecule has 0 atom stereocenters. The molecule has 2 aromatic rings. The van der Waals surface area contributed by atoms with Gasteiger partial charge in [-0.1, -0.05) is 19.1 Å². The molecular weight excluding hydrogens is 310 g/mol. The molecule has 2 heterocycles. The Bertz CT molecular complexity index is 709. The Morgan fingerprint density at radius 3 is 2.78 bits per heavy atom. The lowest BCUT2D eigenvalue weighted by Gasteiger charge is -2.10. The maximum Gasteiger partial charge on any atom is 0.230 e. The number of amides is 2. The summed E-state index contributed by atoms with van der Waals surface area (Å²) in [6, 6.07) is 7.84. The highest BCUT2D eigenvalue weighted by molar-refractivity contribution is 7.14. The minimum Gasteiger partial charge on any atom is -0.326 e. The summed E-state index contributed by atoms with van der Waals surface area (Å²) >= 11 is 1.42. The number of hydrogen-bond donors (Lipinski definition) is 1. The second-order valence-electron chi connectivity index (χ2n) is 5.55. The lowest BCUT2D eigenvalue weighted by molar-refractivity contribution is -0.117. The van der Waals surface area contributed by atoms with E-state index in [1.54, 1.807) is 4.90 Å². The zero-order valence-electron chi connectivity index (χ0n) is 13.0. The van der Waals surface area contributed by atoms with Crippen molar-refractivity contribution < 1.29 is 9.59 Å². The van der Waals surface area contributed by atoms with Crippen LogP contribution in [0.1, 0.15) is 31.0 Å². The van der Waals surface area contributed by atoms with Crippen LogP contribution in [-0.2, 0) is 22.4 Å². The van der Waals surface area contributed by atoms with Crippen molar-refractivity contribution in [3.63, 3.8) is 0 Å². The number of aromatic nitrogens is 1. The number of thiazole rings is 1. The van der Waals surface area contributed by atoms with Gasteiger partial charge in [0.05, 0.1) is 12.1 Å². The van der Waals surface area contributed by atoms with Gasteiger partial charge in [0, 0.05) is 24.0 Å². The van der Waals surface area contributed by atoms with Crippen LogP contribution in [0.5, 0.6) is 0 Å². The van der Waals surface area contributed by atoms with Gasteiger partial charge in [-0.05, 0) is 30.5 Å². The van der Waals surface area contributed by atoms with Crippen LogP contribution < -0.4 is 10.2 Å². The van der Waals surface area contributed by atoms with Gasteiger partial charge in [0.25, 0.3) is 0 Å². The maximum atomic E-state index is 12.1. The summed E-state index contributed by atoms with van der Waals surface area (Å²) in [5.74, 6) is 0.0187. The highest BCUT2D eigenvalue weighted by atomic mass is 32.1. The Balaban J connectivity index is 1.59. The lowest BCUT2D eigenvalue weighted by Crippen LogP contribution is -2.23. The predicted octanol–water partition coefficient (Wildman–Crippen LogP) is 3.01. The van der Waals surface area contributed by atoms with Gasteiger partial charge in [0.15, 0.2) is 5.13 Å². The van der Waals surface area contributed by atoms with Gasteiger partial charge in [-0.15, -0.1) is 11.3 Å². The summed E-state index contributed by atoms with van der Waals surface area (Å²) in [6.07, 6.45) is 2.66. The average Bonchev–Trinajstić information content (AvgIpc) is 3.16. The average molecular weight is 329 g/mol. The van der Waals surface area contributed by atoms with Gasteiger partial charge in [-0.25, -0.2) is 4.98 Å². The van der Waals surface area contributed by atoms with Gasteiger partial charge in [-0.3, -0.25) is 14.5 Å². The van der Waals surface area contributed by atoms with E-state index in [2.05, 4.69) is 17.2 Å². The molecule has 1 aliphatic rings. The maximum absolute atomic E-state index is 12.1. The third-order valence-corrected chi connectivity index (χ3v) is 4.74. The highest BCUT2D eigenvalue weighted by Crippen LogP contribution is 2.25. The normalized spacial score (nSPS) is 14.3. The van der Waals surface area contributed by atoms with Crippen molar-refractivity contribution in [3.05, 3.63) is 40.9 Å². The number of carbonyl (C=O) groups excluding carboxylic acids is 2. The summed E-state index contributed by atoms with van der Waals surface area (Å²) in [5.41, 5.74) is 2.73. The molecule has 0 spiro atoms. The third-order valence-electron chi connectivity index (χ3n) is 3.83. The smallest absolute Gasteiger partial charge is 0.230 e. The van der Waals surface area contributed by atoms with Crippen molar-refractivity contribution in [1.29, 1.82) is 0 Å². The molecule has 6 heteroatoms. The first-order chi connectivity index (χ1) is 11.2. The first-order valence-electron chi connectivity index (χ1n) is 7.79. The van der Waals surface area contributed by atoms with Crippen molar-refractivity contribution >= 4 is 34.0 Å². The summed E-state index contributed by atoms with van der Waals surface area (Å²) < 4.78 is 0. The molecule has 3 rings (SSSR count). The fraction of sp³-hybridized carbons (Fsp3) is 0.353. The van der Waals surface area contributed by atoms with Crippen LogP contribution in [0.25, 0.3) is 0 Å². The fourth-order valence-corrected chi connectivity index (χ4v) is 3.41. The molecule has 120 valence electrons. The van der Waals surface area contributed by atoms with E-state index in [0.29, 0.717) is 17.2 Å². The van der Waals surface area contributed by atoms with Gasteiger partial charge >= 0.3 is 0 Å². The van der Waals surface area contributed by atoms with Gasteiger partial charge < -0.3 is 5.32 Å². The second-order valence-corrected chi connectivity index (χ2v) is 6.38. The van der Waals surface area contributed by atoms with Crippen molar-refractivity contribution in [2.75, 3.05) is 16.8 Å². The van der Waals surface area contributed by atoms with E-state index < -0.39 is 0 Å². The largest absolute Gasteiger partial charge is 0.326 e. The lowest BCUT2D eigenvalue weighted by atomic mass is 10.1. The Morgan fingerprint density at radius 1 is 1.35 bits per heavy atom. The molecule has 5 nitrogen and oxygen atoms in total. The number of nitrogens with one attached hydrogen (secondary N) is 1. The van der Waals surface area contributed by atoms with Crippen LogP contribution in [0.2, 0.25) is 0 Å². The van der Waals surface area contributed by atoms with Crippen LogP contribution in [0.4, 0.5) is 10.8 Å². The van der Waals surface area contributed by atoms with Crippen LogP contribution in [0, 0.1) is 0 Å². The van der Waals surface area contributed by atoms with E-state index in [1.165, 1.54) is 16.9 Å². The van der Waals surface area contributed by atoms with Crippen LogP contribution in [-0.4, -0.2) is 23.3 Å². The van der Waals surface area contributed by atoms with Crippen molar-refractivity contribution in [3.8, 4) is 0 Å². The fourth-order valence-electron chi connectivity index (χ4n) is 2.55. The zero-order chi connectivity index (χ0) is 16.2. The molecule has 1 aromatic carbocycles. The van der Waals surface area contributed by atoms with E-state index in [-0.39, 0.29) is 18.2 Å². The topological polar surface area (TPSA) is 62.3 Å². The van der Waals surface area contributed by atoms with Gasteiger partial charge in [0.2, 0.25) is 11.8 Å². The Hall–Kier alpha value is -2.21. The quantitative estimate of drug-likeness (QED) is 0.917. The predicted molar refractivity (Wildman–Crippen MR) is 91.9 cm³/mol. The first kappa shape index (κ1) is 15.7. The number of nitrogens with zero attached hydrogens (tertiary/aromatic N) is 2. The molecule has 2 amide bonds. The van der Waals surface area contributed by atoms with Gasteiger partial charge in [-0.2, -0.15) is 0 Å². The van der Waals surface area contributed by atoms with Crippen molar-refractivity contribution in [1.82, 2.24) is 4.98 Å². The summed E-state index contributed by atoms with van der Waals surface area (Å²) in [7, 11) is 0. The third kappa shape index (κ3) is 3.76. The standard InChI is InChI=1S/C17H19N3O2S/c1-2-12-5-7-13(8-6-12)18-15(21)10-14-11-23-17(19-14)20-9-3-4-16(20)22/h5-8,11H,2-4,9-10H2,1H3,(H,18,21).